The number of hydrogen-bond donors (Lipinski definition) is 2. The zero-order valence-corrected chi connectivity index (χ0v) is 13.7. The first-order chi connectivity index (χ1) is 11.6. The summed E-state index contributed by atoms with van der Waals surface area (Å²) in [6, 6.07) is 19.5. The third kappa shape index (κ3) is 4.93. The summed E-state index contributed by atoms with van der Waals surface area (Å²) in [7, 11) is 0. The Hall–Kier alpha value is -2.66. The van der Waals surface area contributed by atoms with Crippen LogP contribution in [0.2, 0.25) is 0 Å². The first-order valence-corrected chi connectivity index (χ1v) is 7.87. The van der Waals surface area contributed by atoms with Gasteiger partial charge in [0.05, 0.1) is 18.2 Å². The molecule has 2 N–H and O–H groups in total. The molecule has 2 aromatic carbocycles. The Bertz CT molecular complexity index is 672. The van der Waals surface area contributed by atoms with Gasteiger partial charge in [0.2, 0.25) is 0 Å². The van der Waals surface area contributed by atoms with Crippen LogP contribution in [-0.2, 0) is 11.3 Å². The number of para-hydroxylation sites is 1. The summed E-state index contributed by atoms with van der Waals surface area (Å²) < 4.78 is 0. The molecule has 2 aromatic rings. The van der Waals surface area contributed by atoms with Gasteiger partial charge < -0.3 is 10.2 Å². The van der Waals surface area contributed by atoms with Crippen molar-refractivity contribution in [2.24, 2.45) is 11.0 Å². The van der Waals surface area contributed by atoms with Crippen molar-refractivity contribution >= 4 is 17.4 Å². The smallest absolute Gasteiger partial charge is 0.312 e. The fraction of sp³-hybridized carbons (Fsp3) is 0.263. The zero-order valence-electron chi connectivity index (χ0n) is 13.7. The predicted octanol–water partition coefficient (Wildman–Crippen LogP) is 3.15. The molecular formula is C19H22N2O3. The largest absolute Gasteiger partial charge is 0.481 e. The normalized spacial score (nSPS) is 12.7. The van der Waals surface area contributed by atoms with Crippen LogP contribution in [0, 0.1) is 5.92 Å². The molecule has 1 unspecified atom stereocenters. The number of hydrogen-bond acceptors (Lipinski definition) is 4. The summed E-state index contributed by atoms with van der Waals surface area (Å²) in [5.41, 5.74) is 2.43. The molecule has 0 aliphatic carbocycles. The molecule has 0 spiro atoms. The van der Waals surface area contributed by atoms with Crippen molar-refractivity contribution in [2.75, 3.05) is 11.6 Å². The molecule has 5 heteroatoms. The zero-order chi connectivity index (χ0) is 17.4. The number of carboxylic acid groups (broad SMARTS) is 1. The Labute approximate surface area is 141 Å². The van der Waals surface area contributed by atoms with E-state index in [1.54, 1.807) is 11.9 Å². The van der Waals surface area contributed by atoms with Crippen LogP contribution in [0.5, 0.6) is 0 Å². The molecule has 0 amide bonds. The highest BCUT2D eigenvalue weighted by molar-refractivity contribution is 6.00. The molecule has 0 saturated carbocycles. The minimum Gasteiger partial charge on any atom is -0.481 e. The maximum atomic E-state index is 11.4. The summed E-state index contributed by atoms with van der Waals surface area (Å²) >= 11 is 0. The monoisotopic (exact) mass is 326 g/mol. The van der Waals surface area contributed by atoms with Crippen molar-refractivity contribution in [2.45, 2.75) is 19.9 Å². The van der Waals surface area contributed by atoms with Crippen LogP contribution in [-0.4, -0.2) is 28.5 Å². The predicted molar refractivity (Wildman–Crippen MR) is 95.0 cm³/mol. The maximum absolute atomic E-state index is 11.4. The molecule has 2 rings (SSSR count). The van der Waals surface area contributed by atoms with Gasteiger partial charge in [-0.3, -0.25) is 9.80 Å². The lowest BCUT2D eigenvalue weighted by molar-refractivity contribution is -0.139. The third-order valence-corrected chi connectivity index (χ3v) is 3.73. The van der Waals surface area contributed by atoms with Crippen LogP contribution in [0.1, 0.15) is 18.9 Å². The molecular weight excluding hydrogens is 304 g/mol. The molecule has 0 aliphatic rings. The minimum atomic E-state index is -0.974. The number of aliphatic hydroxyl groups excluding tert-OH is 1. The number of anilines is 1. The second kappa shape index (κ2) is 8.84. The second-order valence-corrected chi connectivity index (χ2v) is 5.52. The highest BCUT2D eigenvalue weighted by atomic mass is 16.4. The van der Waals surface area contributed by atoms with Gasteiger partial charge in [-0.1, -0.05) is 48.5 Å². The molecule has 126 valence electrons. The van der Waals surface area contributed by atoms with E-state index in [0.717, 1.165) is 11.3 Å². The first kappa shape index (κ1) is 17.7. The molecule has 0 aliphatic heterocycles. The molecule has 24 heavy (non-hydrogen) atoms. The molecule has 0 radical (unpaired) electrons. The van der Waals surface area contributed by atoms with E-state index in [9.17, 15) is 9.90 Å². The lowest BCUT2D eigenvalue weighted by Crippen LogP contribution is -2.27. The fourth-order valence-corrected chi connectivity index (χ4v) is 2.44. The van der Waals surface area contributed by atoms with E-state index in [4.69, 9.17) is 5.11 Å². The van der Waals surface area contributed by atoms with Crippen LogP contribution in [0.15, 0.2) is 65.8 Å². The Morgan fingerprint density at radius 2 is 1.67 bits per heavy atom. The van der Waals surface area contributed by atoms with Crippen molar-refractivity contribution in [3.8, 4) is 0 Å². The van der Waals surface area contributed by atoms with Gasteiger partial charge in [-0.2, -0.15) is 5.10 Å². The van der Waals surface area contributed by atoms with E-state index in [2.05, 4.69) is 5.10 Å². The van der Waals surface area contributed by atoms with Gasteiger partial charge in [0, 0.05) is 12.3 Å². The molecule has 0 fully saturated rings. The number of nitrogens with zero attached hydrogens (tertiary/aromatic N) is 2. The van der Waals surface area contributed by atoms with E-state index < -0.39 is 11.9 Å². The highest BCUT2D eigenvalue weighted by Crippen LogP contribution is 2.19. The molecule has 0 heterocycles. The quantitative estimate of drug-likeness (QED) is 0.577. The summed E-state index contributed by atoms with van der Waals surface area (Å²) in [4.78, 5) is 11.4. The molecule has 5 nitrogen and oxygen atoms in total. The van der Waals surface area contributed by atoms with Crippen LogP contribution in [0.4, 0.5) is 5.69 Å². The number of rotatable bonds is 8. The summed E-state index contributed by atoms with van der Waals surface area (Å²) in [6.45, 7) is 2.04. The van der Waals surface area contributed by atoms with Crippen molar-refractivity contribution in [3.63, 3.8) is 0 Å². The highest BCUT2D eigenvalue weighted by Gasteiger charge is 2.21. The summed E-state index contributed by atoms with van der Waals surface area (Å²) in [5.74, 6) is -1.77. The van der Waals surface area contributed by atoms with E-state index in [-0.39, 0.29) is 13.0 Å². The second-order valence-electron chi connectivity index (χ2n) is 5.52. The fourth-order valence-electron chi connectivity index (χ4n) is 2.44. The van der Waals surface area contributed by atoms with Gasteiger partial charge in [-0.05, 0) is 31.0 Å². The average Bonchev–Trinajstić information content (AvgIpc) is 2.60. The summed E-state index contributed by atoms with van der Waals surface area (Å²) in [5, 5.41) is 24.8. The van der Waals surface area contributed by atoms with E-state index in [1.165, 1.54) is 0 Å². The molecule has 1 atom stereocenters. The van der Waals surface area contributed by atoms with Gasteiger partial charge in [0.25, 0.3) is 0 Å². The molecule has 0 aromatic heterocycles. The minimum absolute atomic E-state index is 0.151. The lowest BCUT2D eigenvalue weighted by atomic mass is 10.0. The SMILES string of the molecule is CC(=NN(Cc1ccccc1)c1ccccc1)C(CCO)C(=O)O. The molecule has 0 bridgehead atoms. The van der Waals surface area contributed by atoms with Gasteiger partial charge in [-0.25, -0.2) is 0 Å². The Morgan fingerprint density at radius 1 is 1.08 bits per heavy atom. The summed E-state index contributed by atoms with van der Waals surface area (Å²) in [6.07, 6.45) is 0.151. The van der Waals surface area contributed by atoms with Gasteiger partial charge in [-0.15, -0.1) is 0 Å². The Balaban J connectivity index is 2.31. The van der Waals surface area contributed by atoms with Gasteiger partial charge in [0.1, 0.15) is 0 Å². The van der Waals surface area contributed by atoms with Crippen LogP contribution in [0.3, 0.4) is 0 Å². The van der Waals surface area contributed by atoms with E-state index in [0.29, 0.717) is 12.3 Å². The standard InChI is InChI=1S/C19H22N2O3/c1-15(18(12-13-22)19(23)24)20-21(17-10-6-3-7-11-17)14-16-8-4-2-5-9-16/h2-11,18,22H,12-14H2,1H3,(H,23,24). The van der Waals surface area contributed by atoms with Crippen molar-refractivity contribution < 1.29 is 15.0 Å². The van der Waals surface area contributed by atoms with Crippen LogP contribution < -0.4 is 5.01 Å². The third-order valence-electron chi connectivity index (χ3n) is 3.73. The number of carbonyl (C=O) groups is 1. The first-order valence-electron chi connectivity index (χ1n) is 7.87. The average molecular weight is 326 g/mol. The van der Waals surface area contributed by atoms with Gasteiger partial charge >= 0.3 is 5.97 Å². The van der Waals surface area contributed by atoms with E-state index >= 15 is 0 Å². The lowest BCUT2D eigenvalue weighted by Gasteiger charge is -2.22. The number of carboxylic acids is 1. The number of benzene rings is 2. The number of hydrazone groups is 1. The topological polar surface area (TPSA) is 73.1 Å². The van der Waals surface area contributed by atoms with Crippen molar-refractivity contribution in [3.05, 3.63) is 66.2 Å². The van der Waals surface area contributed by atoms with Gasteiger partial charge in [0.15, 0.2) is 0 Å². The van der Waals surface area contributed by atoms with Crippen molar-refractivity contribution in [1.82, 2.24) is 0 Å². The van der Waals surface area contributed by atoms with Crippen LogP contribution in [0.25, 0.3) is 0 Å². The number of aliphatic carboxylic acids is 1. The van der Waals surface area contributed by atoms with E-state index in [1.807, 2.05) is 60.7 Å². The molecule has 0 saturated heterocycles. The number of aliphatic hydroxyl groups is 1. The Kier molecular flexibility index (Phi) is 6.51. The maximum Gasteiger partial charge on any atom is 0.312 e. The van der Waals surface area contributed by atoms with Crippen molar-refractivity contribution in [1.29, 1.82) is 0 Å². The van der Waals surface area contributed by atoms with Crippen LogP contribution >= 0.6 is 0 Å². The Morgan fingerprint density at radius 3 is 2.21 bits per heavy atom.